The zero-order valence-electron chi connectivity index (χ0n) is 11.6. The molecule has 2 aliphatic rings. The molecule has 2 aliphatic heterocycles. The number of nitrogens with zero attached hydrogens (tertiary/aromatic N) is 3. The summed E-state index contributed by atoms with van der Waals surface area (Å²) in [5.74, 6) is 1.12. The van der Waals surface area contributed by atoms with Crippen LogP contribution in [-0.4, -0.2) is 55.2 Å². The quantitative estimate of drug-likeness (QED) is 0.885. The van der Waals surface area contributed by atoms with Crippen molar-refractivity contribution in [2.24, 2.45) is 0 Å². The highest BCUT2D eigenvalue weighted by Crippen LogP contribution is 2.14. The first-order chi connectivity index (χ1) is 9.42. The van der Waals surface area contributed by atoms with Gasteiger partial charge in [0, 0.05) is 38.4 Å². The van der Waals surface area contributed by atoms with E-state index in [4.69, 9.17) is 0 Å². The second-order valence-corrected chi connectivity index (χ2v) is 5.60. The van der Waals surface area contributed by atoms with Gasteiger partial charge in [-0.05, 0) is 44.5 Å². The molecule has 0 saturated carbocycles. The Balaban J connectivity index is 1.42. The Morgan fingerprint density at radius 2 is 2.11 bits per heavy atom. The van der Waals surface area contributed by atoms with E-state index in [9.17, 15) is 0 Å². The van der Waals surface area contributed by atoms with Crippen LogP contribution in [0.2, 0.25) is 0 Å². The van der Waals surface area contributed by atoms with E-state index in [0.717, 1.165) is 24.9 Å². The van der Waals surface area contributed by atoms with Crippen molar-refractivity contribution in [3.8, 4) is 0 Å². The normalized spacial score (nSPS) is 24.8. The fraction of sp³-hybridized carbons (Fsp3) is 0.667. The molecule has 0 radical (unpaired) electrons. The number of nitrogens with one attached hydrogen (secondary N) is 1. The molecule has 3 heterocycles. The molecule has 0 aliphatic carbocycles. The first-order valence-electron chi connectivity index (χ1n) is 7.53. The summed E-state index contributed by atoms with van der Waals surface area (Å²) in [4.78, 5) is 9.42. The number of hydrogen-bond donors (Lipinski definition) is 1. The Morgan fingerprint density at radius 1 is 1.21 bits per heavy atom. The van der Waals surface area contributed by atoms with Crippen LogP contribution in [0.25, 0.3) is 0 Å². The lowest BCUT2D eigenvalue weighted by atomic mass is 10.1. The summed E-state index contributed by atoms with van der Waals surface area (Å²) in [6, 6.07) is 6.93. The molecule has 0 aromatic carbocycles. The van der Waals surface area contributed by atoms with E-state index in [1.165, 1.54) is 45.4 Å². The SMILES string of the molecule is c1ccc(N2CCN(CCC3CCCN3)CC2)nc1. The third kappa shape index (κ3) is 3.45. The minimum absolute atomic E-state index is 0.772. The molecule has 1 aromatic heterocycles. The minimum atomic E-state index is 0.772. The van der Waals surface area contributed by atoms with Gasteiger partial charge in [-0.1, -0.05) is 6.07 Å². The lowest BCUT2D eigenvalue weighted by molar-refractivity contribution is 0.245. The summed E-state index contributed by atoms with van der Waals surface area (Å²) in [6.07, 6.45) is 5.92. The fourth-order valence-electron chi connectivity index (χ4n) is 3.08. The van der Waals surface area contributed by atoms with Gasteiger partial charge in [0.25, 0.3) is 0 Å². The topological polar surface area (TPSA) is 31.4 Å². The third-order valence-corrected chi connectivity index (χ3v) is 4.30. The summed E-state index contributed by atoms with van der Waals surface area (Å²) in [5.41, 5.74) is 0. The molecule has 2 saturated heterocycles. The van der Waals surface area contributed by atoms with Crippen molar-refractivity contribution in [1.29, 1.82) is 0 Å². The molecule has 104 valence electrons. The Bertz CT molecular complexity index is 367. The number of pyridine rings is 1. The van der Waals surface area contributed by atoms with Gasteiger partial charge >= 0.3 is 0 Å². The number of hydrogen-bond acceptors (Lipinski definition) is 4. The highest BCUT2D eigenvalue weighted by molar-refractivity contribution is 5.38. The molecular formula is C15H24N4. The van der Waals surface area contributed by atoms with Crippen LogP contribution < -0.4 is 10.2 Å². The van der Waals surface area contributed by atoms with Crippen LogP contribution in [0, 0.1) is 0 Å². The highest BCUT2D eigenvalue weighted by atomic mass is 15.3. The molecule has 4 nitrogen and oxygen atoms in total. The molecule has 4 heteroatoms. The Hall–Kier alpha value is -1.13. The fourth-order valence-corrected chi connectivity index (χ4v) is 3.08. The van der Waals surface area contributed by atoms with Crippen molar-refractivity contribution in [2.45, 2.75) is 25.3 Å². The minimum Gasteiger partial charge on any atom is -0.354 e. The van der Waals surface area contributed by atoms with Crippen LogP contribution in [-0.2, 0) is 0 Å². The van der Waals surface area contributed by atoms with Gasteiger partial charge in [-0.3, -0.25) is 4.90 Å². The number of anilines is 1. The van der Waals surface area contributed by atoms with E-state index in [0.29, 0.717) is 0 Å². The third-order valence-electron chi connectivity index (χ3n) is 4.30. The average Bonchev–Trinajstić information content (AvgIpc) is 3.00. The van der Waals surface area contributed by atoms with Gasteiger partial charge in [0.15, 0.2) is 0 Å². The van der Waals surface area contributed by atoms with E-state index in [1.807, 2.05) is 12.3 Å². The molecule has 3 rings (SSSR count). The van der Waals surface area contributed by atoms with E-state index in [1.54, 1.807) is 0 Å². The van der Waals surface area contributed by atoms with Gasteiger partial charge in [0.05, 0.1) is 0 Å². The highest BCUT2D eigenvalue weighted by Gasteiger charge is 2.19. The summed E-state index contributed by atoms with van der Waals surface area (Å²) >= 11 is 0. The van der Waals surface area contributed by atoms with Crippen molar-refractivity contribution >= 4 is 5.82 Å². The molecule has 1 N–H and O–H groups in total. The van der Waals surface area contributed by atoms with E-state index < -0.39 is 0 Å². The van der Waals surface area contributed by atoms with Crippen molar-refractivity contribution in [3.63, 3.8) is 0 Å². The monoisotopic (exact) mass is 260 g/mol. The van der Waals surface area contributed by atoms with Crippen molar-refractivity contribution in [2.75, 3.05) is 44.2 Å². The first-order valence-corrected chi connectivity index (χ1v) is 7.53. The molecular weight excluding hydrogens is 236 g/mol. The van der Waals surface area contributed by atoms with E-state index >= 15 is 0 Å². The van der Waals surface area contributed by atoms with E-state index in [2.05, 4.69) is 32.2 Å². The van der Waals surface area contributed by atoms with Crippen molar-refractivity contribution in [3.05, 3.63) is 24.4 Å². The Labute approximate surface area is 115 Å². The molecule has 1 unspecified atom stereocenters. The zero-order valence-corrected chi connectivity index (χ0v) is 11.6. The number of piperazine rings is 1. The van der Waals surface area contributed by atoms with Crippen LogP contribution in [0.15, 0.2) is 24.4 Å². The molecule has 0 spiro atoms. The molecule has 19 heavy (non-hydrogen) atoms. The van der Waals surface area contributed by atoms with Gasteiger partial charge in [-0.2, -0.15) is 0 Å². The summed E-state index contributed by atoms with van der Waals surface area (Å²) in [5, 5.41) is 3.58. The standard InChI is InChI=1S/C15H24N4/c1-2-7-17-15(5-1)19-12-10-18(11-13-19)9-6-14-4-3-8-16-14/h1-2,5,7,14,16H,3-4,6,8-13H2. The Morgan fingerprint density at radius 3 is 2.79 bits per heavy atom. The summed E-state index contributed by atoms with van der Waals surface area (Å²) in [6.45, 7) is 7.02. The number of aromatic nitrogens is 1. The van der Waals surface area contributed by atoms with Gasteiger partial charge < -0.3 is 10.2 Å². The lowest BCUT2D eigenvalue weighted by Crippen LogP contribution is -2.47. The first kappa shape index (κ1) is 12.9. The van der Waals surface area contributed by atoms with Crippen LogP contribution in [0.5, 0.6) is 0 Å². The summed E-state index contributed by atoms with van der Waals surface area (Å²) < 4.78 is 0. The van der Waals surface area contributed by atoms with Crippen LogP contribution in [0.4, 0.5) is 5.82 Å². The van der Waals surface area contributed by atoms with Gasteiger partial charge in [0.1, 0.15) is 5.82 Å². The second-order valence-electron chi connectivity index (χ2n) is 5.60. The van der Waals surface area contributed by atoms with Crippen molar-refractivity contribution < 1.29 is 0 Å². The van der Waals surface area contributed by atoms with E-state index in [-0.39, 0.29) is 0 Å². The molecule has 1 aromatic rings. The Kier molecular flexibility index (Phi) is 4.30. The molecule has 0 amide bonds. The van der Waals surface area contributed by atoms with Gasteiger partial charge in [-0.25, -0.2) is 4.98 Å². The van der Waals surface area contributed by atoms with Crippen LogP contribution in [0.1, 0.15) is 19.3 Å². The second kappa shape index (κ2) is 6.35. The predicted molar refractivity (Wildman–Crippen MR) is 78.5 cm³/mol. The smallest absolute Gasteiger partial charge is 0.128 e. The van der Waals surface area contributed by atoms with Gasteiger partial charge in [-0.15, -0.1) is 0 Å². The van der Waals surface area contributed by atoms with Crippen LogP contribution >= 0.6 is 0 Å². The maximum atomic E-state index is 4.43. The summed E-state index contributed by atoms with van der Waals surface area (Å²) in [7, 11) is 0. The largest absolute Gasteiger partial charge is 0.354 e. The maximum absolute atomic E-state index is 4.43. The zero-order chi connectivity index (χ0) is 12.9. The lowest BCUT2D eigenvalue weighted by Gasteiger charge is -2.35. The average molecular weight is 260 g/mol. The molecule has 2 fully saturated rings. The van der Waals surface area contributed by atoms with Crippen LogP contribution in [0.3, 0.4) is 0 Å². The predicted octanol–water partition coefficient (Wildman–Crippen LogP) is 1.35. The molecule has 1 atom stereocenters. The van der Waals surface area contributed by atoms with Crippen molar-refractivity contribution in [1.82, 2.24) is 15.2 Å². The van der Waals surface area contributed by atoms with Gasteiger partial charge in [0.2, 0.25) is 0 Å². The number of rotatable bonds is 4. The molecule has 0 bridgehead atoms. The maximum Gasteiger partial charge on any atom is 0.128 e.